The molecule has 5 heteroatoms. The zero-order chi connectivity index (χ0) is 13.1. The van der Waals surface area contributed by atoms with Crippen molar-refractivity contribution >= 4 is 17.0 Å². The van der Waals surface area contributed by atoms with Gasteiger partial charge in [0.05, 0.1) is 17.7 Å². The van der Waals surface area contributed by atoms with Gasteiger partial charge in [-0.2, -0.15) is 0 Å². The standard InChI is InChI=1S/C13H16N2O3/c1-3-18-8-7-15-9(2)14-12-10(13(16)17)5-4-6-11(12)15/h4-6H,3,7-8H2,1-2H3,(H,16,17). The smallest absolute Gasteiger partial charge is 0.337 e. The Balaban J connectivity index is 2.45. The molecule has 18 heavy (non-hydrogen) atoms. The van der Waals surface area contributed by atoms with Gasteiger partial charge in [-0.05, 0) is 26.0 Å². The van der Waals surface area contributed by atoms with Crippen LogP contribution in [-0.4, -0.2) is 33.8 Å². The predicted molar refractivity (Wildman–Crippen MR) is 67.9 cm³/mol. The minimum Gasteiger partial charge on any atom is -0.478 e. The number of nitrogens with zero attached hydrogens (tertiary/aromatic N) is 2. The number of carbonyl (C=O) groups is 1. The van der Waals surface area contributed by atoms with Gasteiger partial charge >= 0.3 is 5.97 Å². The number of rotatable bonds is 5. The van der Waals surface area contributed by atoms with Gasteiger partial charge in [0.1, 0.15) is 11.3 Å². The lowest BCUT2D eigenvalue weighted by Crippen LogP contribution is -2.07. The lowest BCUT2D eigenvalue weighted by Gasteiger charge is -2.06. The highest BCUT2D eigenvalue weighted by Crippen LogP contribution is 2.20. The number of aryl methyl sites for hydroxylation is 1. The molecule has 0 aliphatic carbocycles. The maximum atomic E-state index is 11.1. The van der Waals surface area contributed by atoms with Crippen molar-refractivity contribution in [1.82, 2.24) is 9.55 Å². The topological polar surface area (TPSA) is 64.4 Å². The van der Waals surface area contributed by atoms with Crippen LogP contribution in [0.3, 0.4) is 0 Å². The molecule has 0 spiro atoms. The van der Waals surface area contributed by atoms with Crippen LogP contribution in [0.15, 0.2) is 18.2 Å². The highest BCUT2D eigenvalue weighted by Gasteiger charge is 2.14. The van der Waals surface area contributed by atoms with Crippen LogP contribution in [0.2, 0.25) is 0 Å². The number of fused-ring (bicyclic) bond motifs is 1. The lowest BCUT2D eigenvalue weighted by atomic mass is 10.2. The van der Waals surface area contributed by atoms with E-state index in [-0.39, 0.29) is 5.56 Å². The van der Waals surface area contributed by atoms with Gasteiger partial charge in [0.25, 0.3) is 0 Å². The van der Waals surface area contributed by atoms with Gasteiger partial charge in [-0.1, -0.05) is 6.07 Å². The summed E-state index contributed by atoms with van der Waals surface area (Å²) in [6.07, 6.45) is 0. The highest BCUT2D eigenvalue weighted by molar-refractivity contribution is 6.01. The average Bonchev–Trinajstić information content (AvgIpc) is 2.66. The molecule has 0 radical (unpaired) electrons. The van der Waals surface area contributed by atoms with Crippen LogP contribution >= 0.6 is 0 Å². The first-order valence-corrected chi connectivity index (χ1v) is 5.92. The molecule has 1 N–H and O–H groups in total. The zero-order valence-corrected chi connectivity index (χ0v) is 10.5. The Morgan fingerprint density at radius 3 is 2.94 bits per heavy atom. The molecular weight excluding hydrogens is 232 g/mol. The van der Waals surface area contributed by atoms with Crippen molar-refractivity contribution in [3.05, 3.63) is 29.6 Å². The van der Waals surface area contributed by atoms with Crippen molar-refractivity contribution in [2.24, 2.45) is 0 Å². The third kappa shape index (κ3) is 2.22. The molecule has 0 fully saturated rings. The summed E-state index contributed by atoms with van der Waals surface area (Å²) in [7, 11) is 0. The third-order valence-electron chi connectivity index (χ3n) is 2.86. The largest absolute Gasteiger partial charge is 0.478 e. The molecule has 0 saturated carbocycles. The van der Waals surface area contributed by atoms with Crippen molar-refractivity contribution in [2.45, 2.75) is 20.4 Å². The summed E-state index contributed by atoms with van der Waals surface area (Å²) >= 11 is 0. The van der Waals surface area contributed by atoms with Gasteiger partial charge in [0.15, 0.2) is 0 Å². The van der Waals surface area contributed by atoms with Crippen LogP contribution in [0.5, 0.6) is 0 Å². The van der Waals surface area contributed by atoms with E-state index in [1.165, 1.54) is 0 Å². The first-order chi connectivity index (χ1) is 8.65. The van der Waals surface area contributed by atoms with Crippen molar-refractivity contribution in [3.8, 4) is 0 Å². The van der Waals surface area contributed by atoms with Crippen LogP contribution in [0.1, 0.15) is 23.1 Å². The molecule has 0 unspecified atom stereocenters. The van der Waals surface area contributed by atoms with Crippen molar-refractivity contribution in [2.75, 3.05) is 13.2 Å². The van der Waals surface area contributed by atoms with Crippen molar-refractivity contribution in [1.29, 1.82) is 0 Å². The first-order valence-electron chi connectivity index (χ1n) is 5.92. The molecule has 0 amide bonds. The SMILES string of the molecule is CCOCCn1c(C)nc2c(C(=O)O)cccc21. The number of imidazole rings is 1. The molecule has 1 aromatic carbocycles. The zero-order valence-electron chi connectivity index (χ0n) is 10.5. The van der Waals surface area contributed by atoms with Crippen LogP contribution in [-0.2, 0) is 11.3 Å². The Bertz CT molecular complexity index is 575. The minimum absolute atomic E-state index is 0.241. The molecule has 0 bridgehead atoms. The lowest BCUT2D eigenvalue weighted by molar-refractivity contribution is 0.0699. The normalized spacial score (nSPS) is 11.0. The average molecular weight is 248 g/mol. The molecule has 0 aliphatic rings. The van der Waals surface area contributed by atoms with Gasteiger partial charge in [0, 0.05) is 13.2 Å². The van der Waals surface area contributed by atoms with Gasteiger partial charge in [-0.25, -0.2) is 9.78 Å². The Kier molecular flexibility index (Phi) is 3.62. The summed E-state index contributed by atoms with van der Waals surface area (Å²) in [4.78, 5) is 15.5. The first kappa shape index (κ1) is 12.6. The molecule has 96 valence electrons. The molecule has 1 heterocycles. The summed E-state index contributed by atoms with van der Waals surface area (Å²) in [5.74, 6) is -0.145. The number of aromatic carboxylic acids is 1. The number of ether oxygens (including phenoxy) is 1. The highest BCUT2D eigenvalue weighted by atomic mass is 16.5. The van der Waals surface area contributed by atoms with Crippen LogP contribution in [0, 0.1) is 6.92 Å². The van der Waals surface area contributed by atoms with Gasteiger partial charge in [-0.15, -0.1) is 0 Å². The molecule has 0 atom stereocenters. The van der Waals surface area contributed by atoms with Crippen LogP contribution in [0.25, 0.3) is 11.0 Å². The second-order valence-electron chi connectivity index (χ2n) is 3.99. The Labute approximate surface area is 105 Å². The number of hydrogen-bond acceptors (Lipinski definition) is 3. The second-order valence-corrected chi connectivity index (χ2v) is 3.99. The number of para-hydroxylation sites is 1. The van der Waals surface area contributed by atoms with Crippen molar-refractivity contribution < 1.29 is 14.6 Å². The van der Waals surface area contributed by atoms with E-state index in [9.17, 15) is 4.79 Å². The van der Waals surface area contributed by atoms with Gasteiger partial charge in [0.2, 0.25) is 0 Å². The quantitative estimate of drug-likeness (QED) is 0.823. The number of carboxylic acids is 1. The maximum Gasteiger partial charge on any atom is 0.337 e. The summed E-state index contributed by atoms with van der Waals surface area (Å²) in [5, 5.41) is 9.12. The summed E-state index contributed by atoms with van der Waals surface area (Å²) in [6.45, 7) is 5.77. The molecule has 5 nitrogen and oxygen atoms in total. The fraction of sp³-hybridized carbons (Fsp3) is 0.385. The van der Waals surface area contributed by atoms with Gasteiger partial charge < -0.3 is 14.4 Å². The van der Waals surface area contributed by atoms with Gasteiger partial charge in [-0.3, -0.25) is 0 Å². The van der Waals surface area contributed by atoms with E-state index >= 15 is 0 Å². The molecule has 2 rings (SSSR count). The summed E-state index contributed by atoms with van der Waals surface area (Å²) in [6, 6.07) is 5.20. The Hall–Kier alpha value is -1.88. The molecule has 1 aromatic heterocycles. The number of hydrogen-bond donors (Lipinski definition) is 1. The number of carboxylic acid groups (broad SMARTS) is 1. The monoisotopic (exact) mass is 248 g/mol. The number of benzene rings is 1. The van der Waals surface area contributed by atoms with E-state index in [0.717, 1.165) is 11.3 Å². The van der Waals surface area contributed by atoms with E-state index in [2.05, 4.69) is 4.98 Å². The van der Waals surface area contributed by atoms with E-state index < -0.39 is 5.97 Å². The fourth-order valence-electron chi connectivity index (χ4n) is 2.02. The van der Waals surface area contributed by atoms with E-state index in [1.807, 2.05) is 24.5 Å². The van der Waals surface area contributed by atoms with Crippen LogP contribution < -0.4 is 0 Å². The summed E-state index contributed by atoms with van der Waals surface area (Å²) < 4.78 is 7.31. The van der Waals surface area contributed by atoms with E-state index in [4.69, 9.17) is 9.84 Å². The van der Waals surface area contributed by atoms with Crippen LogP contribution in [0.4, 0.5) is 0 Å². The van der Waals surface area contributed by atoms with E-state index in [1.54, 1.807) is 12.1 Å². The molecule has 2 aromatic rings. The van der Waals surface area contributed by atoms with Crippen molar-refractivity contribution in [3.63, 3.8) is 0 Å². The molecule has 0 saturated heterocycles. The fourth-order valence-corrected chi connectivity index (χ4v) is 2.02. The maximum absolute atomic E-state index is 11.1. The van der Waals surface area contributed by atoms with E-state index in [0.29, 0.717) is 25.3 Å². The molecule has 0 aliphatic heterocycles. The minimum atomic E-state index is -0.949. The third-order valence-corrected chi connectivity index (χ3v) is 2.86. The summed E-state index contributed by atoms with van der Waals surface area (Å²) in [5.41, 5.74) is 1.62. The predicted octanol–water partition coefficient (Wildman–Crippen LogP) is 2.08. The Morgan fingerprint density at radius 1 is 1.50 bits per heavy atom. The molecular formula is C13H16N2O3. The number of aromatic nitrogens is 2. The Morgan fingerprint density at radius 2 is 2.28 bits per heavy atom. The second kappa shape index (κ2) is 5.18.